The number of nitrogens with zero attached hydrogens (tertiary/aromatic N) is 3. The van der Waals surface area contributed by atoms with Crippen LogP contribution in [0, 0.1) is 6.92 Å². The van der Waals surface area contributed by atoms with Gasteiger partial charge in [-0.25, -0.2) is 4.98 Å². The molecule has 1 saturated carbocycles. The maximum absolute atomic E-state index is 6.09. The molecule has 0 unspecified atom stereocenters. The van der Waals surface area contributed by atoms with Crippen molar-refractivity contribution in [1.29, 1.82) is 0 Å². The van der Waals surface area contributed by atoms with Gasteiger partial charge in [-0.2, -0.15) is 5.10 Å². The number of guanidine groups is 1. The minimum absolute atomic E-state index is 0.0569. The van der Waals surface area contributed by atoms with E-state index >= 15 is 0 Å². The van der Waals surface area contributed by atoms with Gasteiger partial charge >= 0.3 is 0 Å². The van der Waals surface area contributed by atoms with Gasteiger partial charge in [-0.05, 0) is 51.7 Å². The van der Waals surface area contributed by atoms with Gasteiger partial charge in [0.1, 0.15) is 10.8 Å². The highest BCUT2D eigenvalue weighted by atomic mass is 32.1. The fourth-order valence-electron chi connectivity index (χ4n) is 2.93. The lowest BCUT2D eigenvalue weighted by atomic mass is 10.2. The van der Waals surface area contributed by atoms with Crippen molar-refractivity contribution in [1.82, 2.24) is 4.98 Å². The van der Waals surface area contributed by atoms with E-state index in [0.29, 0.717) is 6.10 Å². The summed E-state index contributed by atoms with van der Waals surface area (Å²) in [5.41, 5.74) is 13.4. The largest absolute Gasteiger partial charge is 0.490 e. The molecule has 1 aromatic heterocycles. The topological polar surface area (TPSA) is 98.9 Å². The molecular weight excluding hydrogens is 334 g/mol. The lowest BCUT2D eigenvalue weighted by Crippen LogP contribution is -2.22. The van der Waals surface area contributed by atoms with Gasteiger partial charge in [0, 0.05) is 5.56 Å². The fourth-order valence-corrected chi connectivity index (χ4v) is 3.94. The Labute approximate surface area is 151 Å². The number of benzene rings is 1. The summed E-state index contributed by atoms with van der Waals surface area (Å²) in [6, 6.07) is 8.12. The van der Waals surface area contributed by atoms with Crippen LogP contribution in [0.15, 0.2) is 34.5 Å². The Morgan fingerprint density at radius 1 is 1.24 bits per heavy atom. The summed E-state index contributed by atoms with van der Waals surface area (Å²) in [4.78, 5) is 5.65. The molecule has 0 saturated heterocycles. The van der Waals surface area contributed by atoms with E-state index in [2.05, 4.69) is 21.3 Å². The number of hydrogen-bond acceptors (Lipinski definition) is 5. The maximum atomic E-state index is 6.09. The number of hydrogen-bond donors (Lipinski definition) is 2. The number of aromatic nitrogens is 1. The Morgan fingerprint density at radius 2 is 2.00 bits per heavy atom. The van der Waals surface area contributed by atoms with Crippen molar-refractivity contribution in [2.75, 3.05) is 0 Å². The van der Waals surface area contributed by atoms with Crippen LogP contribution < -0.4 is 16.2 Å². The zero-order valence-electron chi connectivity index (χ0n) is 14.5. The van der Waals surface area contributed by atoms with Crippen molar-refractivity contribution in [2.45, 2.75) is 45.6 Å². The highest BCUT2D eigenvalue weighted by molar-refractivity contribution is 7.17. The normalized spacial score (nSPS) is 15.4. The highest BCUT2D eigenvalue weighted by Gasteiger charge is 2.17. The molecule has 0 aliphatic heterocycles. The predicted molar refractivity (Wildman–Crippen MR) is 103 cm³/mol. The van der Waals surface area contributed by atoms with Crippen LogP contribution >= 0.6 is 11.3 Å². The fraction of sp³-hybridized carbons (Fsp3) is 0.389. The molecule has 1 fully saturated rings. The van der Waals surface area contributed by atoms with Crippen LogP contribution in [0.1, 0.15) is 43.2 Å². The monoisotopic (exact) mass is 357 g/mol. The number of rotatable bonds is 5. The Morgan fingerprint density at radius 3 is 2.72 bits per heavy atom. The van der Waals surface area contributed by atoms with Gasteiger partial charge < -0.3 is 16.2 Å². The van der Waals surface area contributed by atoms with Crippen LogP contribution in [0.25, 0.3) is 10.6 Å². The van der Waals surface area contributed by atoms with Crippen LogP contribution in [0.2, 0.25) is 0 Å². The molecule has 7 heteroatoms. The minimum Gasteiger partial charge on any atom is -0.490 e. The molecule has 6 nitrogen and oxygen atoms in total. The second-order valence-corrected chi connectivity index (χ2v) is 7.20. The van der Waals surface area contributed by atoms with Crippen LogP contribution in [0.3, 0.4) is 0 Å². The molecule has 0 spiro atoms. The number of nitrogens with two attached hydrogens (primary N) is 2. The molecule has 1 aliphatic rings. The number of thiazole rings is 1. The highest BCUT2D eigenvalue weighted by Crippen LogP contribution is 2.32. The molecule has 0 atom stereocenters. The van der Waals surface area contributed by atoms with Crippen LogP contribution in [0.5, 0.6) is 5.75 Å². The van der Waals surface area contributed by atoms with Crippen LogP contribution in [-0.4, -0.2) is 22.8 Å². The Balaban J connectivity index is 1.83. The first-order valence-electron chi connectivity index (χ1n) is 8.41. The van der Waals surface area contributed by atoms with Gasteiger partial charge in [0.2, 0.25) is 5.96 Å². The zero-order chi connectivity index (χ0) is 17.8. The summed E-state index contributed by atoms with van der Waals surface area (Å²) in [6.07, 6.45) is 5.15. The Kier molecular flexibility index (Phi) is 5.33. The van der Waals surface area contributed by atoms with E-state index in [1.54, 1.807) is 11.3 Å². The summed E-state index contributed by atoms with van der Waals surface area (Å²) < 4.78 is 6.09. The maximum Gasteiger partial charge on any atom is 0.211 e. The first kappa shape index (κ1) is 17.4. The molecule has 1 aliphatic carbocycles. The van der Waals surface area contributed by atoms with Gasteiger partial charge in [0.05, 0.1) is 22.4 Å². The second-order valence-electron chi connectivity index (χ2n) is 6.20. The molecule has 0 radical (unpaired) electrons. The van der Waals surface area contributed by atoms with Crippen molar-refractivity contribution < 1.29 is 4.74 Å². The van der Waals surface area contributed by atoms with E-state index in [0.717, 1.165) is 45.4 Å². The Bertz CT molecular complexity index is 802. The average Bonchev–Trinajstić information content (AvgIpc) is 3.22. The average molecular weight is 357 g/mol. The van der Waals surface area contributed by atoms with Gasteiger partial charge in [0.15, 0.2) is 0 Å². The van der Waals surface area contributed by atoms with E-state index in [1.807, 2.05) is 32.0 Å². The first-order valence-corrected chi connectivity index (χ1v) is 9.22. The lowest BCUT2D eigenvalue weighted by Gasteiger charge is -2.13. The van der Waals surface area contributed by atoms with E-state index in [4.69, 9.17) is 16.2 Å². The molecule has 2 aromatic rings. The molecule has 1 heterocycles. The first-order chi connectivity index (χ1) is 12.0. The summed E-state index contributed by atoms with van der Waals surface area (Å²) in [7, 11) is 0. The van der Waals surface area contributed by atoms with Gasteiger partial charge in [-0.1, -0.05) is 12.1 Å². The molecular formula is C18H23N5OS. The number of aryl methyl sites for hydroxylation is 1. The molecule has 132 valence electrons. The third-order valence-corrected chi connectivity index (χ3v) is 5.44. The zero-order valence-corrected chi connectivity index (χ0v) is 15.3. The molecule has 1 aromatic carbocycles. The predicted octanol–water partition coefficient (Wildman–Crippen LogP) is 3.44. The Hall–Kier alpha value is -2.41. The molecule has 25 heavy (non-hydrogen) atoms. The SMILES string of the molecule is CC(=NN=C(N)N)c1sc(-c2cccc(OC3CCCC3)c2)nc1C. The van der Waals surface area contributed by atoms with E-state index in [-0.39, 0.29) is 5.96 Å². The standard InChI is InChI=1S/C18H23N5OS/c1-11-16(12(2)22-23-18(19)20)25-17(21-11)13-6-5-9-15(10-13)24-14-7-3-4-8-14/h5-6,9-10,14H,3-4,7-8H2,1-2H3,(H4,19,20,23). The quantitative estimate of drug-likeness (QED) is 0.486. The van der Waals surface area contributed by atoms with Gasteiger partial charge in [-0.15, -0.1) is 16.4 Å². The third-order valence-electron chi connectivity index (χ3n) is 4.13. The van der Waals surface area contributed by atoms with Crippen molar-refractivity contribution >= 4 is 23.0 Å². The molecule has 4 N–H and O–H groups in total. The lowest BCUT2D eigenvalue weighted by molar-refractivity contribution is 0.210. The van der Waals surface area contributed by atoms with Crippen molar-refractivity contribution in [3.8, 4) is 16.3 Å². The van der Waals surface area contributed by atoms with Crippen molar-refractivity contribution in [2.24, 2.45) is 21.7 Å². The van der Waals surface area contributed by atoms with E-state index in [1.165, 1.54) is 12.8 Å². The summed E-state index contributed by atoms with van der Waals surface area (Å²) in [6.45, 7) is 3.83. The van der Waals surface area contributed by atoms with Crippen molar-refractivity contribution in [3.05, 3.63) is 34.8 Å². The van der Waals surface area contributed by atoms with E-state index < -0.39 is 0 Å². The third kappa shape index (κ3) is 4.36. The summed E-state index contributed by atoms with van der Waals surface area (Å²) in [5.74, 6) is 0.850. The van der Waals surface area contributed by atoms with Crippen LogP contribution in [-0.2, 0) is 0 Å². The molecule has 0 bridgehead atoms. The minimum atomic E-state index is -0.0569. The molecule has 3 rings (SSSR count). The van der Waals surface area contributed by atoms with Gasteiger partial charge in [-0.3, -0.25) is 0 Å². The van der Waals surface area contributed by atoms with Gasteiger partial charge in [0.25, 0.3) is 0 Å². The summed E-state index contributed by atoms with van der Waals surface area (Å²) in [5, 5.41) is 8.70. The second kappa shape index (κ2) is 7.65. The van der Waals surface area contributed by atoms with Crippen molar-refractivity contribution in [3.63, 3.8) is 0 Å². The van der Waals surface area contributed by atoms with E-state index in [9.17, 15) is 0 Å². The van der Waals surface area contributed by atoms with Crippen LogP contribution in [0.4, 0.5) is 0 Å². The number of ether oxygens (including phenoxy) is 1. The summed E-state index contributed by atoms with van der Waals surface area (Å²) >= 11 is 1.58. The molecule has 0 amide bonds. The smallest absolute Gasteiger partial charge is 0.211 e.